The second-order valence-electron chi connectivity index (χ2n) is 8.43. The van der Waals surface area contributed by atoms with Gasteiger partial charge in [0.15, 0.2) is 0 Å². The highest BCUT2D eigenvalue weighted by Crippen LogP contribution is 2.33. The Bertz CT molecular complexity index is 746. The molecule has 0 radical (unpaired) electrons. The van der Waals surface area contributed by atoms with E-state index in [-0.39, 0.29) is 0 Å². The molecule has 1 nitrogen and oxygen atoms in total. The van der Waals surface area contributed by atoms with Crippen LogP contribution in [0.15, 0.2) is 73.3 Å². The summed E-state index contributed by atoms with van der Waals surface area (Å²) >= 11 is 0. The van der Waals surface area contributed by atoms with E-state index in [1.165, 1.54) is 67.2 Å². The van der Waals surface area contributed by atoms with Gasteiger partial charge in [-0.05, 0) is 73.1 Å². The molecule has 1 saturated carbocycles. The van der Waals surface area contributed by atoms with Crippen molar-refractivity contribution in [2.45, 2.75) is 58.5 Å². The van der Waals surface area contributed by atoms with Gasteiger partial charge in [-0.1, -0.05) is 79.6 Å². The first-order valence-corrected chi connectivity index (χ1v) is 11.3. The predicted octanol–water partition coefficient (Wildman–Crippen LogP) is 7.76. The van der Waals surface area contributed by atoms with Crippen LogP contribution in [0.1, 0.15) is 56.6 Å². The Morgan fingerprint density at radius 2 is 1.45 bits per heavy atom. The van der Waals surface area contributed by atoms with Gasteiger partial charge in [-0.2, -0.15) is 0 Å². The number of benzene rings is 2. The summed E-state index contributed by atoms with van der Waals surface area (Å²) in [5.41, 5.74) is 5.25. The molecule has 1 aliphatic rings. The molecule has 0 N–H and O–H groups in total. The fourth-order valence-corrected chi connectivity index (χ4v) is 4.36. The summed E-state index contributed by atoms with van der Waals surface area (Å²) in [6, 6.07) is 17.9. The lowest BCUT2D eigenvalue weighted by molar-refractivity contribution is 0.148. The number of aryl methyl sites for hydroxylation is 1. The molecule has 0 saturated heterocycles. The molecule has 0 atom stereocenters. The highest BCUT2D eigenvalue weighted by atomic mass is 16.5. The van der Waals surface area contributed by atoms with Crippen molar-refractivity contribution in [3.63, 3.8) is 0 Å². The van der Waals surface area contributed by atoms with Crippen LogP contribution in [0.4, 0.5) is 0 Å². The first-order valence-electron chi connectivity index (χ1n) is 11.3. The highest BCUT2D eigenvalue weighted by Gasteiger charge is 2.19. The Labute approximate surface area is 177 Å². The molecule has 29 heavy (non-hydrogen) atoms. The zero-order valence-corrected chi connectivity index (χ0v) is 18.0. The summed E-state index contributed by atoms with van der Waals surface area (Å²) in [7, 11) is 0. The minimum atomic E-state index is 0.666. The van der Waals surface area contributed by atoms with Gasteiger partial charge in [-0.3, -0.25) is 0 Å². The molecule has 0 heterocycles. The molecule has 1 aliphatic carbocycles. The summed E-state index contributed by atoms with van der Waals surface area (Å²) < 4.78 is 5.63. The highest BCUT2D eigenvalue weighted by molar-refractivity contribution is 5.63. The van der Waals surface area contributed by atoms with Crippen molar-refractivity contribution < 1.29 is 4.74 Å². The van der Waals surface area contributed by atoms with Gasteiger partial charge < -0.3 is 4.74 Å². The third-order valence-corrected chi connectivity index (χ3v) is 6.27. The van der Waals surface area contributed by atoms with Gasteiger partial charge in [0.1, 0.15) is 0 Å². The zero-order valence-electron chi connectivity index (χ0n) is 18.0. The Morgan fingerprint density at radius 1 is 0.862 bits per heavy atom. The smallest absolute Gasteiger partial charge is 0.0721 e. The number of rotatable bonds is 10. The second-order valence-corrected chi connectivity index (χ2v) is 8.43. The Balaban J connectivity index is 1.45. The van der Waals surface area contributed by atoms with Crippen molar-refractivity contribution in [3.05, 3.63) is 84.5 Å². The van der Waals surface area contributed by atoms with Crippen molar-refractivity contribution >= 4 is 0 Å². The minimum absolute atomic E-state index is 0.666. The number of hydrogen-bond acceptors (Lipinski definition) is 1. The van der Waals surface area contributed by atoms with Crippen molar-refractivity contribution in [1.82, 2.24) is 0 Å². The molecule has 0 spiro atoms. The van der Waals surface area contributed by atoms with E-state index in [9.17, 15) is 0 Å². The molecule has 1 fully saturated rings. The van der Waals surface area contributed by atoms with Gasteiger partial charge in [-0.15, -0.1) is 6.58 Å². The first kappa shape index (κ1) is 21.6. The SMILES string of the molecule is C=CC[C@H]1CC[C@H](CCc2ccc(-c3ccc(COCC=CC)cc3)cc2)CC1. The van der Waals surface area contributed by atoms with E-state index >= 15 is 0 Å². The van der Waals surface area contributed by atoms with Crippen molar-refractivity contribution in [2.24, 2.45) is 11.8 Å². The molecule has 3 rings (SSSR count). The van der Waals surface area contributed by atoms with Crippen LogP contribution in [0.3, 0.4) is 0 Å². The molecular weight excluding hydrogens is 352 g/mol. The van der Waals surface area contributed by atoms with Crippen molar-refractivity contribution in [2.75, 3.05) is 6.61 Å². The van der Waals surface area contributed by atoms with E-state index < -0.39 is 0 Å². The lowest BCUT2D eigenvalue weighted by Gasteiger charge is -2.27. The average molecular weight is 389 g/mol. The van der Waals surface area contributed by atoms with E-state index in [1.807, 2.05) is 19.1 Å². The molecule has 0 aromatic heterocycles. The summed E-state index contributed by atoms with van der Waals surface area (Å²) in [5.74, 6) is 1.81. The van der Waals surface area contributed by atoms with E-state index in [0.717, 1.165) is 11.8 Å². The number of hydrogen-bond donors (Lipinski definition) is 0. The minimum Gasteiger partial charge on any atom is -0.373 e. The fourth-order valence-electron chi connectivity index (χ4n) is 4.36. The third-order valence-electron chi connectivity index (χ3n) is 6.27. The summed E-state index contributed by atoms with van der Waals surface area (Å²) in [4.78, 5) is 0. The molecule has 0 aliphatic heterocycles. The second kappa shape index (κ2) is 11.8. The molecule has 2 aromatic carbocycles. The summed E-state index contributed by atoms with van der Waals surface area (Å²) in [5, 5.41) is 0. The van der Waals surface area contributed by atoms with Gasteiger partial charge in [0, 0.05) is 0 Å². The Kier molecular flexibility index (Phi) is 8.77. The van der Waals surface area contributed by atoms with Crippen LogP contribution in [0.5, 0.6) is 0 Å². The van der Waals surface area contributed by atoms with Crippen molar-refractivity contribution in [3.8, 4) is 11.1 Å². The van der Waals surface area contributed by atoms with Crippen LogP contribution in [0.25, 0.3) is 11.1 Å². The quantitative estimate of drug-likeness (QED) is 0.298. The van der Waals surface area contributed by atoms with E-state index in [0.29, 0.717) is 13.2 Å². The number of ether oxygens (including phenoxy) is 1. The molecule has 1 heteroatoms. The summed E-state index contributed by atoms with van der Waals surface area (Å²) in [6.07, 6.45) is 15.5. The lowest BCUT2D eigenvalue weighted by atomic mass is 9.78. The fraction of sp³-hybridized carbons (Fsp3) is 0.429. The summed E-state index contributed by atoms with van der Waals surface area (Å²) in [6.45, 7) is 7.25. The van der Waals surface area contributed by atoms with Crippen LogP contribution >= 0.6 is 0 Å². The van der Waals surface area contributed by atoms with Crippen molar-refractivity contribution in [1.29, 1.82) is 0 Å². The van der Waals surface area contributed by atoms with E-state index in [4.69, 9.17) is 4.74 Å². The maximum absolute atomic E-state index is 5.63. The Morgan fingerprint density at radius 3 is 2.03 bits per heavy atom. The van der Waals surface area contributed by atoms with Gasteiger partial charge in [0.05, 0.1) is 13.2 Å². The van der Waals surface area contributed by atoms with E-state index in [1.54, 1.807) is 0 Å². The maximum Gasteiger partial charge on any atom is 0.0721 e. The van der Waals surface area contributed by atoms with Crippen LogP contribution in [-0.2, 0) is 17.8 Å². The van der Waals surface area contributed by atoms with Crippen LogP contribution < -0.4 is 0 Å². The molecule has 154 valence electrons. The van der Waals surface area contributed by atoms with Crippen LogP contribution in [0.2, 0.25) is 0 Å². The first-order chi connectivity index (χ1) is 14.3. The Hall–Kier alpha value is -2.12. The van der Waals surface area contributed by atoms with Gasteiger partial charge in [0.25, 0.3) is 0 Å². The van der Waals surface area contributed by atoms with Gasteiger partial charge in [0.2, 0.25) is 0 Å². The molecule has 2 aromatic rings. The normalized spacial score (nSPS) is 19.5. The lowest BCUT2D eigenvalue weighted by Crippen LogP contribution is -2.14. The molecule has 0 amide bonds. The molecule has 0 unspecified atom stereocenters. The average Bonchev–Trinajstić information content (AvgIpc) is 2.77. The van der Waals surface area contributed by atoms with Gasteiger partial charge in [-0.25, -0.2) is 0 Å². The topological polar surface area (TPSA) is 9.23 Å². The standard InChI is InChI=1S/C28H36O/c1-3-5-21-29-22-26-15-19-28(20-16-26)27-17-13-25(14-18-27)12-11-24-9-7-23(6-4-2)8-10-24/h3-5,13-20,23-24H,2,6-12,21-22H2,1H3/t23-,24-. The third kappa shape index (κ3) is 7.01. The predicted molar refractivity (Wildman–Crippen MR) is 125 cm³/mol. The zero-order chi connectivity index (χ0) is 20.3. The largest absolute Gasteiger partial charge is 0.373 e. The van der Waals surface area contributed by atoms with Crippen LogP contribution in [0, 0.1) is 11.8 Å². The molecular formula is C28H36O. The monoisotopic (exact) mass is 388 g/mol. The van der Waals surface area contributed by atoms with Gasteiger partial charge >= 0.3 is 0 Å². The van der Waals surface area contributed by atoms with Crippen LogP contribution in [-0.4, -0.2) is 6.61 Å². The van der Waals surface area contributed by atoms with E-state index in [2.05, 4.69) is 61.2 Å². The number of allylic oxidation sites excluding steroid dienone is 2. The molecule has 0 bridgehead atoms. The maximum atomic E-state index is 5.63.